The van der Waals surface area contributed by atoms with Gasteiger partial charge in [-0.15, -0.1) is 0 Å². The summed E-state index contributed by atoms with van der Waals surface area (Å²) >= 11 is 6.05. The van der Waals surface area contributed by atoms with Crippen LogP contribution in [-0.4, -0.2) is 66.1 Å². The van der Waals surface area contributed by atoms with Gasteiger partial charge in [0.25, 0.3) is 11.7 Å². The molecule has 6 heterocycles. The third-order valence-electron chi connectivity index (χ3n) is 9.29. The zero-order chi connectivity index (χ0) is 31.6. The number of hydrogen-bond acceptors (Lipinski definition) is 9. The first kappa shape index (κ1) is 29.5. The third-order valence-corrected chi connectivity index (χ3v) is 10.9. The Morgan fingerprint density at radius 3 is 2.61 bits per heavy atom. The second-order valence-electron chi connectivity index (χ2n) is 12.4. The van der Waals surface area contributed by atoms with E-state index in [0.29, 0.717) is 41.2 Å². The Morgan fingerprint density at radius 2 is 1.91 bits per heavy atom. The van der Waals surface area contributed by atoms with Crippen LogP contribution in [0.3, 0.4) is 0 Å². The molecule has 2 aromatic heterocycles. The highest BCUT2D eigenvalue weighted by molar-refractivity contribution is 7.92. The largest absolute Gasteiger partial charge is 0.443 e. The minimum atomic E-state index is -3.91. The molecule has 3 saturated heterocycles. The number of piperidine rings is 1. The summed E-state index contributed by atoms with van der Waals surface area (Å²) in [5, 5.41) is 0.555. The number of halogens is 1. The fourth-order valence-electron chi connectivity index (χ4n) is 6.77. The number of aromatic nitrogens is 3. The molecule has 0 saturated carbocycles. The van der Waals surface area contributed by atoms with E-state index in [2.05, 4.69) is 20.5 Å². The summed E-state index contributed by atoms with van der Waals surface area (Å²) in [5.74, 6) is 1.12. The molecule has 0 aliphatic carbocycles. The van der Waals surface area contributed by atoms with E-state index in [9.17, 15) is 13.2 Å². The lowest BCUT2D eigenvalue weighted by Gasteiger charge is -2.33. The van der Waals surface area contributed by atoms with Crippen LogP contribution in [0, 0.1) is 0 Å². The molecule has 0 unspecified atom stereocenters. The lowest BCUT2D eigenvalue weighted by atomic mass is 9.88. The quantitative estimate of drug-likeness (QED) is 0.311. The highest BCUT2D eigenvalue weighted by Gasteiger charge is 2.42. The topological polar surface area (TPSA) is 128 Å². The van der Waals surface area contributed by atoms with Crippen molar-refractivity contribution in [2.24, 2.45) is 0 Å². The van der Waals surface area contributed by atoms with Crippen LogP contribution in [0.2, 0.25) is 5.02 Å². The lowest BCUT2D eigenvalue weighted by molar-refractivity contribution is -0.117. The molecule has 12 nitrogen and oxygen atoms in total. The van der Waals surface area contributed by atoms with Crippen molar-refractivity contribution in [2.75, 3.05) is 30.5 Å². The van der Waals surface area contributed by atoms with Crippen molar-refractivity contribution in [3.63, 3.8) is 0 Å². The van der Waals surface area contributed by atoms with Crippen molar-refractivity contribution < 1.29 is 27.4 Å². The van der Waals surface area contributed by atoms with Crippen LogP contribution < -0.4 is 18.5 Å². The number of nitrogens with one attached hydrogen (secondary N) is 1. The third kappa shape index (κ3) is 5.24. The molecule has 0 bridgehead atoms. The van der Waals surface area contributed by atoms with Crippen LogP contribution in [0.5, 0.6) is 11.5 Å². The molecule has 2 atom stereocenters. The number of carbonyl (C=O) groups excluding carboxylic acids is 1. The Kier molecular flexibility index (Phi) is 7.12. The standard InChI is InChI=1S/C32H33ClN6O6S/c1-32(28-8-5-21(33)16-34-28)44-27-4-2-3-24(31(27)45-32)20-9-12-37(13-10-20)18-29-35-25-7-6-22(39-19-30(40)36-46(39,41)42)15-26(25)38(29)17-23-11-14-43-23/h2-8,15-16,20,23H,9-14,17-19H2,1H3,(H,36,40)/t23-,32-/m0/s1. The minimum absolute atomic E-state index is 0.0838. The van der Waals surface area contributed by atoms with Crippen LogP contribution >= 0.6 is 11.6 Å². The average Bonchev–Trinajstić information content (AvgIpc) is 3.63. The van der Waals surface area contributed by atoms with Gasteiger partial charge in [0.05, 0.1) is 40.9 Å². The van der Waals surface area contributed by atoms with Crippen LogP contribution in [-0.2, 0) is 38.6 Å². The van der Waals surface area contributed by atoms with E-state index in [1.807, 2.05) is 35.9 Å². The number of ether oxygens (including phenoxy) is 3. The number of anilines is 1. The van der Waals surface area contributed by atoms with E-state index >= 15 is 0 Å². The number of para-hydroxylation sites is 1. The maximum Gasteiger partial charge on any atom is 0.326 e. The molecule has 2 aromatic carbocycles. The van der Waals surface area contributed by atoms with E-state index in [0.717, 1.165) is 71.4 Å². The smallest absolute Gasteiger partial charge is 0.326 e. The fourth-order valence-corrected chi connectivity index (χ4v) is 8.02. The van der Waals surface area contributed by atoms with E-state index in [1.54, 1.807) is 24.4 Å². The SMILES string of the molecule is C[C@]1(c2ccc(Cl)cn2)Oc2cccc(C3CCN(Cc4nc5ccc(N6CC(=O)NS6(=O)=O)cc5n4C[C@@H]4CCO4)CC3)c2O1. The molecule has 240 valence electrons. The maximum absolute atomic E-state index is 12.5. The summed E-state index contributed by atoms with van der Waals surface area (Å²) < 4.78 is 48.8. The highest BCUT2D eigenvalue weighted by Crippen LogP contribution is 2.49. The monoisotopic (exact) mass is 664 g/mol. The van der Waals surface area contributed by atoms with Crippen molar-refractivity contribution >= 4 is 44.4 Å². The van der Waals surface area contributed by atoms with Crippen molar-refractivity contribution in [1.82, 2.24) is 24.2 Å². The molecule has 14 heteroatoms. The van der Waals surface area contributed by atoms with Crippen LogP contribution in [0.15, 0.2) is 54.7 Å². The first-order valence-corrected chi connectivity index (χ1v) is 17.3. The summed E-state index contributed by atoms with van der Waals surface area (Å²) in [5.41, 5.74) is 3.82. The van der Waals surface area contributed by atoms with Crippen LogP contribution in [0.1, 0.15) is 49.2 Å². The summed E-state index contributed by atoms with van der Waals surface area (Å²) in [4.78, 5) is 23.7. The summed E-state index contributed by atoms with van der Waals surface area (Å²) in [7, 11) is -3.91. The Labute approximate surface area is 271 Å². The number of imidazole rings is 1. The number of fused-ring (bicyclic) bond motifs is 2. The van der Waals surface area contributed by atoms with Crippen molar-refractivity contribution in [3.05, 3.63) is 76.8 Å². The molecule has 1 amide bonds. The van der Waals surface area contributed by atoms with Gasteiger partial charge in [-0.3, -0.25) is 14.7 Å². The number of amides is 1. The first-order valence-electron chi connectivity index (χ1n) is 15.4. The number of hydrogen-bond donors (Lipinski definition) is 1. The normalized spacial score (nSPS) is 24.3. The van der Waals surface area contributed by atoms with Crippen LogP contribution in [0.25, 0.3) is 11.0 Å². The summed E-state index contributed by atoms with van der Waals surface area (Å²) in [6.45, 7) is 5.40. The van der Waals surface area contributed by atoms with Gasteiger partial charge in [0.2, 0.25) is 0 Å². The predicted molar refractivity (Wildman–Crippen MR) is 170 cm³/mol. The molecular formula is C32H33ClN6O6S. The van der Waals surface area contributed by atoms with Gasteiger partial charge in [-0.05, 0) is 74.7 Å². The Hall–Kier alpha value is -3.91. The molecule has 46 heavy (non-hydrogen) atoms. The Balaban J connectivity index is 1.00. The number of rotatable bonds is 7. The van der Waals surface area contributed by atoms with Gasteiger partial charge < -0.3 is 18.8 Å². The second-order valence-corrected chi connectivity index (χ2v) is 14.4. The van der Waals surface area contributed by atoms with Gasteiger partial charge in [0, 0.05) is 25.3 Å². The molecule has 0 radical (unpaired) electrons. The van der Waals surface area contributed by atoms with Crippen LogP contribution in [0.4, 0.5) is 5.69 Å². The number of nitrogens with zero attached hydrogens (tertiary/aromatic N) is 5. The fraction of sp³-hybridized carbons (Fsp3) is 0.406. The molecule has 4 aliphatic rings. The average molecular weight is 665 g/mol. The van der Waals surface area contributed by atoms with Crippen molar-refractivity contribution in [2.45, 2.75) is 57.1 Å². The molecule has 4 aromatic rings. The molecule has 1 N–H and O–H groups in total. The maximum atomic E-state index is 12.5. The highest BCUT2D eigenvalue weighted by atomic mass is 35.5. The van der Waals surface area contributed by atoms with E-state index in [1.165, 1.54) is 0 Å². The number of carbonyl (C=O) groups is 1. The Morgan fingerprint density at radius 1 is 1.09 bits per heavy atom. The lowest BCUT2D eigenvalue weighted by Crippen LogP contribution is -2.35. The molecule has 8 rings (SSSR count). The van der Waals surface area contributed by atoms with Crippen molar-refractivity contribution in [1.29, 1.82) is 0 Å². The van der Waals surface area contributed by atoms with Gasteiger partial charge >= 0.3 is 10.2 Å². The van der Waals surface area contributed by atoms with E-state index < -0.39 is 21.9 Å². The molecule has 4 aliphatic heterocycles. The van der Waals surface area contributed by atoms with E-state index in [-0.39, 0.29) is 12.6 Å². The van der Waals surface area contributed by atoms with Crippen molar-refractivity contribution in [3.8, 4) is 11.5 Å². The zero-order valence-corrected chi connectivity index (χ0v) is 26.8. The van der Waals surface area contributed by atoms with E-state index in [4.69, 9.17) is 30.8 Å². The summed E-state index contributed by atoms with van der Waals surface area (Å²) in [6.07, 6.45) is 4.53. The van der Waals surface area contributed by atoms with Gasteiger partial charge in [0.15, 0.2) is 11.5 Å². The predicted octanol–water partition coefficient (Wildman–Crippen LogP) is 4.08. The number of pyridine rings is 1. The Bertz CT molecular complexity index is 1940. The number of benzene rings is 2. The summed E-state index contributed by atoms with van der Waals surface area (Å²) in [6, 6.07) is 15.0. The molecular weight excluding hydrogens is 632 g/mol. The number of likely N-dealkylation sites (tertiary alicyclic amines) is 1. The second kappa shape index (κ2) is 11.1. The van der Waals surface area contributed by atoms with Gasteiger partial charge in [-0.1, -0.05) is 23.7 Å². The van der Waals surface area contributed by atoms with Gasteiger partial charge in [0.1, 0.15) is 18.1 Å². The molecule has 3 fully saturated rings. The first-order chi connectivity index (χ1) is 22.1. The molecule has 0 spiro atoms. The van der Waals surface area contributed by atoms with Gasteiger partial charge in [-0.25, -0.2) is 14.0 Å². The minimum Gasteiger partial charge on any atom is -0.443 e. The zero-order valence-electron chi connectivity index (χ0n) is 25.2. The van der Waals surface area contributed by atoms with Gasteiger partial charge in [-0.2, -0.15) is 8.42 Å².